The lowest BCUT2D eigenvalue weighted by Gasteiger charge is -2.10. The van der Waals surface area contributed by atoms with Gasteiger partial charge in [-0.1, -0.05) is 58.4 Å². The molecule has 5 nitrogen and oxygen atoms in total. The molecule has 0 aliphatic carbocycles. The Hall–Kier alpha value is -3.25. The zero-order valence-electron chi connectivity index (χ0n) is 16.9. The smallest absolute Gasteiger partial charge is 0.251 e. The second-order valence-corrected chi connectivity index (χ2v) is 8.17. The number of para-hydroxylation sites is 2. The first-order valence-electron chi connectivity index (χ1n) is 10.2. The van der Waals surface area contributed by atoms with E-state index in [0.717, 1.165) is 27.8 Å². The van der Waals surface area contributed by atoms with Crippen molar-refractivity contribution in [2.24, 2.45) is 0 Å². The standard InChI is InChI=1S/C25H22BrN3O2/c26-20-14-12-19(13-15-20)25(31)27-16-6-11-24-28-21-9-4-5-10-22(21)29(24)17-23(30)18-7-2-1-3-8-18/h1-5,7-10,12-15H,6,11,16-17H2,(H,27,31). The third kappa shape index (κ3) is 5.09. The van der Waals surface area contributed by atoms with E-state index >= 15 is 0 Å². The second kappa shape index (κ2) is 9.71. The van der Waals surface area contributed by atoms with Gasteiger partial charge >= 0.3 is 0 Å². The first-order valence-corrected chi connectivity index (χ1v) is 11.0. The van der Waals surface area contributed by atoms with Gasteiger partial charge in [-0.3, -0.25) is 9.59 Å². The Morgan fingerprint density at radius 3 is 2.35 bits per heavy atom. The number of carbonyl (C=O) groups is 2. The number of imidazole rings is 1. The molecule has 0 bridgehead atoms. The molecule has 0 fully saturated rings. The van der Waals surface area contributed by atoms with Crippen LogP contribution in [0, 0.1) is 0 Å². The molecule has 0 radical (unpaired) electrons. The lowest BCUT2D eigenvalue weighted by atomic mass is 10.1. The van der Waals surface area contributed by atoms with Crippen LogP contribution in [0.5, 0.6) is 0 Å². The number of nitrogens with one attached hydrogen (secondary N) is 1. The molecule has 1 heterocycles. The highest BCUT2D eigenvalue weighted by molar-refractivity contribution is 9.10. The summed E-state index contributed by atoms with van der Waals surface area (Å²) >= 11 is 3.37. The summed E-state index contributed by atoms with van der Waals surface area (Å²) in [6, 6.07) is 24.4. The van der Waals surface area contributed by atoms with Crippen LogP contribution in [0.25, 0.3) is 11.0 Å². The summed E-state index contributed by atoms with van der Waals surface area (Å²) in [7, 11) is 0. The van der Waals surface area contributed by atoms with Gasteiger partial charge in [0.25, 0.3) is 5.91 Å². The van der Waals surface area contributed by atoms with E-state index in [2.05, 4.69) is 21.2 Å². The fourth-order valence-electron chi connectivity index (χ4n) is 3.50. The molecule has 0 atom stereocenters. The van der Waals surface area contributed by atoms with E-state index in [1.165, 1.54) is 0 Å². The summed E-state index contributed by atoms with van der Waals surface area (Å²) in [5.41, 5.74) is 3.13. The minimum atomic E-state index is -0.0970. The number of aryl methyl sites for hydroxylation is 1. The normalized spacial score (nSPS) is 10.9. The summed E-state index contributed by atoms with van der Waals surface area (Å²) < 4.78 is 2.93. The van der Waals surface area contributed by atoms with Crippen LogP contribution >= 0.6 is 15.9 Å². The van der Waals surface area contributed by atoms with Crippen molar-refractivity contribution in [3.63, 3.8) is 0 Å². The van der Waals surface area contributed by atoms with Crippen LogP contribution in [0.4, 0.5) is 0 Å². The van der Waals surface area contributed by atoms with Crippen molar-refractivity contribution in [1.82, 2.24) is 14.9 Å². The van der Waals surface area contributed by atoms with E-state index < -0.39 is 0 Å². The van der Waals surface area contributed by atoms with Gasteiger partial charge in [0, 0.05) is 28.6 Å². The number of amides is 1. The third-order valence-corrected chi connectivity index (χ3v) is 5.63. The molecule has 1 N–H and O–H groups in total. The number of rotatable bonds is 8. The highest BCUT2D eigenvalue weighted by atomic mass is 79.9. The van der Waals surface area contributed by atoms with E-state index in [-0.39, 0.29) is 18.2 Å². The molecule has 0 spiro atoms. The van der Waals surface area contributed by atoms with Gasteiger partial charge in [-0.15, -0.1) is 0 Å². The Kier molecular flexibility index (Phi) is 6.57. The number of benzene rings is 3. The Labute approximate surface area is 189 Å². The summed E-state index contributed by atoms with van der Waals surface area (Å²) in [5.74, 6) is 0.803. The molecule has 0 aliphatic rings. The Bertz CT molecular complexity index is 1200. The van der Waals surface area contributed by atoms with E-state index in [1.807, 2.05) is 71.3 Å². The van der Waals surface area contributed by atoms with Crippen LogP contribution < -0.4 is 5.32 Å². The molecule has 1 amide bonds. The zero-order valence-corrected chi connectivity index (χ0v) is 18.5. The molecule has 4 rings (SSSR count). The number of fused-ring (bicyclic) bond motifs is 1. The summed E-state index contributed by atoms with van der Waals surface area (Å²) in [4.78, 5) is 29.8. The van der Waals surface area contributed by atoms with E-state index in [1.54, 1.807) is 12.1 Å². The molecular weight excluding hydrogens is 454 g/mol. The van der Waals surface area contributed by atoms with Crippen LogP contribution in [0.15, 0.2) is 83.3 Å². The lowest BCUT2D eigenvalue weighted by molar-refractivity contribution is 0.0951. The average molecular weight is 476 g/mol. The summed E-state index contributed by atoms with van der Waals surface area (Å²) in [6.07, 6.45) is 1.39. The quantitative estimate of drug-likeness (QED) is 0.286. The molecule has 0 saturated heterocycles. The fourth-order valence-corrected chi connectivity index (χ4v) is 3.77. The first-order chi connectivity index (χ1) is 15.1. The predicted molar refractivity (Wildman–Crippen MR) is 125 cm³/mol. The topological polar surface area (TPSA) is 64.0 Å². The molecule has 31 heavy (non-hydrogen) atoms. The van der Waals surface area contributed by atoms with Crippen LogP contribution in [-0.4, -0.2) is 27.8 Å². The van der Waals surface area contributed by atoms with Crippen LogP contribution in [0.2, 0.25) is 0 Å². The number of carbonyl (C=O) groups excluding carboxylic acids is 2. The number of hydrogen-bond donors (Lipinski definition) is 1. The minimum Gasteiger partial charge on any atom is -0.352 e. The van der Waals surface area contributed by atoms with Crippen molar-refractivity contribution in [2.75, 3.05) is 6.54 Å². The van der Waals surface area contributed by atoms with Crippen molar-refractivity contribution in [3.05, 3.63) is 100 Å². The maximum absolute atomic E-state index is 12.8. The predicted octanol–water partition coefficient (Wildman–Crippen LogP) is 5.04. The second-order valence-electron chi connectivity index (χ2n) is 7.26. The number of Topliss-reactive ketones (excluding diaryl/α,β-unsaturated/α-hetero) is 1. The van der Waals surface area contributed by atoms with Crippen LogP contribution in [0.3, 0.4) is 0 Å². The molecule has 6 heteroatoms. The van der Waals surface area contributed by atoms with Gasteiger partial charge in [0.2, 0.25) is 0 Å². The number of hydrogen-bond acceptors (Lipinski definition) is 3. The van der Waals surface area contributed by atoms with Gasteiger partial charge in [0.15, 0.2) is 5.78 Å². The Balaban J connectivity index is 1.43. The van der Waals surface area contributed by atoms with Crippen molar-refractivity contribution >= 4 is 38.7 Å². The molecule has 156 valence electrons. The lowest BCUT2D eigenvalue weighted by Crippen LogP contribution is -2.25. The van der Waals surface area contributed by atoms with Gasteiger partial charge in [0.05, 0.1) is 17.6 Å². The molecule has 0 aliphatic heterocycles. The van der Waals surface area contributed by atoms with Crippen molar-refractivity contribution in [1.29, 1.82) is 0 Å². The Morgan fingerprint density at radius 2 is 1.58 bits per heavy atom. The van der Waals surface area contributed by atoms with Crippen molar-refractivity contribution in [3.8, 4) is 0 Å². The van der Waals surface area contributed by atoms with Crippen molar-refractivity contribution in [2.45, 2.75) is 19.4 Å². The van der Waals surface area contributed by atoms with Crippen LogP contribution in [-0.2, 0) is 13.0 Å². The van der Waals surface area contributed by atoms with Gasteiger partial charge < -0.3 is 9.88 Å². The Morgan fingerprint density at radius 1 is 0.871 bits per heavy atom. The number of ketones is 1. The minimum absolute atomic E-state index is 0.0496. The summed E-state index contributed by atoms with van der Waals surface area (Å²) in [6.45, 7) is 0.774. The SMILES string of the molecule is O=C(Cn1c(CCCNC(=O)c2ccc(Br)cc2)nc2ccccc21)c1ccccc1. The average Bonchev–Trinajstić information content (AvgIpc) is 3.15. The highest BCUT2D eigenvalue weighted by Gasteiger charge is 2.15. The maximum atomic E-state index is 12.8. The molecule has 1 aromatic heterocycles. The monoisotopic (exact) mass is 475 g/mol. The number of nitrogens with zero attached hydrogens (tertiary/aromatic N) is 2. The van der Waals surface area contributed by atoms with Gasteiger partial charge in [-0.25, -0.2) is 4.98 Å². The largest absolute Gasteiger partial charge is 0.352 e. The van der Waals surface area contributed by atoms with Gasteiger partial charge in [-0.05, 0) is 42.8 Å². The molecule has 3 aromatic carbocycles. The van der Waals surface area contributed by atoms with E-state index in [9.17, 15) is 9.59 Å². The van der Waals surface area contributed by atoms with E-state index in [0.29, 0.717) is 24.1 Å². The van der Waals surface area contributed by atoms with Gasteiger partial charge in [0.1, 0.15) is 5.82 Å². The fraction of sp³-hybridized carbons (Fsp3) is 0.160. The molecule has 0 saturated carbocycles. The molecule has 0 unspecified atom stereocenters. The highest BCUT2D eigenvalue weighted by Crippen LogP contribution is 2.18. The summed E-state index contributed by atoms with van der Waals surface area (Å²) in [5, 5.41) is 2.95. The number of halogens is 1. The maximum Gasteiger partial charge on any atom is 0.251 e. The van der Waals surface area contributed by atoms with Gasteiger partial charge in [-0.2, -0.15) is 0 Å². The van der Waals surface area contributed by atoms with Crippen LogP contribution in [0.1, 0.15) is 33.0 Å². The number of aromatic nitrogens is 2. The van der Waals surface area contributed by atoms with E-state index in [4.69, 9.17) is 4.98 Å². The third-order valence-electron chi connectivity index (χ3n) is 5.10. The molecular formula is C25H22BrN3O2. The zero-order chi connectivity index (χ0) is 21.6. The van der Waals surface area contributed by atoms with Crippen molar-refractivity contribution < 1.29 is 9.59 Å². The first kappa shape index (κ1) is 21.0. The molecule has 4 aromatic rings.